The van der Waals surface area contributed by atoms with Gasteiger partial charge in [0.2, 0.25) is 12.7 Å². The van der Waals surface area contributed by atoms with Crippen molar-refractivity contribution in [1.29, 1.82) is 0 Å². The van der Waals surface area contributed by atoms with Gasteiger partial charge in [-0.25, -0.2) is 4.39 Å². The number of fused-ring (bicyclic) bond motifs is 1. The fraction of sp³-hybridized carbons (Fsp3) is 0.227. The maximum absolute atomic E-state index is 13.2. The second-order valence-corrected chi connectivity index (χ2v) is 6.82. The lowest BCUT2D eigenvalue weighted by Crippen LogP contribution is -2.38. The topological polar surface area (TPSA) is 91.7 Å². The molecule has 1 aliphatic rings. The summed E-state index contributed by atoms with van der Waals surface area (Å²) in [6.07, 6.45) is -0.412. The van der Waals surface area contributed by atoms with Crippen LogP contribution in [0.4, 0.5) is 4.39 Å². The molecule has 1 N–H and O–H groups in total. The maximum Gasteiger partial charge on any atom is 0.271 e. The summed E-state index contributed by atoms with van der Waals surface area (Å²) >= 11 is 0. The number of hydrogen-bond acceptors (Lipinski definition) is 6. The van der Waals surface area contributed by atoms with Gasteiger partial charge >= 0.3 is 0 Å². The molecule has 0 bridgehead atoms. The summed E-state index contributed by atoms with van der Waals surface area (Å²) in [4.78, 5) is 24.8. The van der Waals surface area contributed by atoms with Crippen LogP contribution in [0.2, 0.25) is 0 Å². The Morgan fingerprint density at radius 1 is 1.16 bits per heavy atom. The van der Waals surface area contributed by atoms with Crippen LogP contribution in [-0.4, -0.2) is 28.6 Å². The number of hydrogen-bond donors (Lipinski definition) is 1. The first-order valence-corrected chi connectivity index (χ1v) is 9.72. The van der Waals surface area contributed by atoms with Gasteiger partial charge in [0.25, 0.3) is 11.5 Å². The lowest BCUT2D eigenvalue weighted by molar-refractivity contribution is -0.128. The highest BCUT2D eigenvalue weighted by atomic mass is 19.1. The molecule has 4 rings (SSSR count). The van der Waals surface area contributed by atoms with E-state index < -0.39 is 17.5 Å². The average molecular weight is 425 g/mol. The van der Waals surface area contributed by atoms with Gasteiger partial charge in [0, 0.05) is 18.7 Å². The number of amides is 1. The Hall–Kier alpha value is -3.88. The second kappa shape index (κ2) is 8.86. The molecule has 0 fully saturated rings. The minimum absolute atomic E-state index is 0.106. The van der Waals surface area contributed by atoms with Gasteiger partial charge in [-0.1, -0.05) is 13.0 Å². The van der Waals surface area contributed by atoms with E-state index in [0.717, 1.165) is 10.2 Å². The molecular formula is C22H20FN3O5. The molecule has 1 atom stereocenters. The molecule has 3 aromatic rings. The van der Waals surface area contributed by atoms with E-state index in [1.165, 1.54) is 36.4 Å². The molecule has 0 saturated heterocycles. The highest BCUT2D eigenvalue weighted by Crippen LogP contribution is 2.32. The first-order valence-electron chi connectivity index (χ1n) is 9.72. The summed E-state index contributed by atoms with van der Waals surface area (Å²) in [6.45, 7) is 2.28. The monoisotopic (exact) mass is 425 g/mol. The number of nitrogens with zero attached hydrogens (tertiary/aromatic N) is 2. The zero-order valence-electron chi connectivity index (χ0n) is 16.7. The van der Waals surface area contributed by atoms with Crippen LogP contribution in [0, 0.1) is 5.82 Å². The fourth-order valence-electron chi connectivity index (χ4n) is 3.05. The quantitative estimate of drug-likeness (QED) is 0.626. The van der Waals surface area contributed by atoms with E-state index in [2.05, 4.69) is 10.4 Å². The van der Waals surface area contributed by atoms with Crippen molar-refractivity contribution in [3.8, 4) is 23.1 Å². The predicted octanol–water partition coefficient (Wildman–Crippen LogP) is 2.57. The molecular weight excluding hydrogens is 405 g/mol. The SMILES string of the molecule is CC[C@@H](Oc1ccc(=O)n(-c2ccc(F)cc2)n1)C(=O)NCc1ccc2c(c1)OCO2. The van der Waals surface area contributed by atoms with Crippen molar-refractivity contribution in [2.75, 3.05) is 6.79 Å². The van der Waals surface area contributed by atoms with E-state index in [9.17, 15) is 14.0 Å². The van der Waals surface area contributed by atoms with Gasteiger partial charge in [0.05, 0.1) is 5.69 Å². The van der Waals surface area contributed by atoms with Crippen molar-refractivity contribution in [3.05, 3.63) is 76.3 Å². The van der Waals surface area contributed by atoms with Gasteiger partial charge in [-0.2, -0.15) is 4.68 Å². The van der Waals surface area contributed by atoms with Gasteiger partial charge in [-0.15, -0.1) is 5.10 Å². The van der Waals surface area contributed by atoms with Crippen molar-refractivity contribution in [2.24, 2.45) is 0 Å². The average Bonchev–Trinajstić information content (AvgIpc) is 3.25. The highest BCUT2D eigenvalue weighted by Gasteiger charge is 2.20. The zero-order valence-corrected chi connectivity index (χ0v) is 16.7. The van der Waals surface area contributed by atoms with Crippen LogP contribution in [0.5, 0.6) is 17.4 Å². The van der Waals surface area contributed by atoms with E-state index >= 15 is 0 Å². The number of carbonyl (C=O) groups excluding carboxylic acids is 1. The smallest absolute Gasteiger partial charge is 0.271 e. The molecule has 0 aliphatic carbocycles. The number of carbonyl (C=O) groups is 1. The molecule has 0 radical (unpaired) electrons. The van der Waals surface area contributed by atoms with Gasteiger partial charge in [0.1, 0.15) is 5.82 Å². The van der Waals surface area contributed by atoms with E-state index in [0.29, 0.717) is 23.6 Å². The zero-order chi connectivity index (χ0) is 21.8. The Kier molecular flexibility index (Phi) is 5.83. The second-order valence-electron chi connectivity index (χ2n) is 6.82. The molecule has 2 heterocycles. The number of ether oxygens (including phenoxy) is 3. The summed E-state index contributed by atoms with van der Waals surface area (Å²) in [5.41, 5.74) is 0.840. The molecule has 1 aliphatic heterocycles. The van der Waals surface area contributed by atoms with Crippen LogP contribution in [0.15, 0.2) is 59.4 Å². The van der Waals surface area contributed by atoms with E-state index in [-0.39, 0.29) is 25.1 Å². The third-order valence-electron chi connectivity index (χ3n) is 4.68. The summed E-state index contributed by atoms with van der Waals surface area (Å²) in [7, 11) is 0. The van der Waals surface area contributed by atoms with Gasteiger partial charge < -0.3 is 19.5 Å². The van der Waals surface area contributed by atoms with Crippen LogP contribution < -0.4 is 25.1 Å². The fourth-order valence-corrected chi connectivity index (χ4v) is 3.05. The third-order valence-corrected chi connectivity index (χ3v) is 4.68. The number of benzene rings is 2. The van der Waals surface area contributed by atoms with Crippen LogP contribution in [0.3, 0.4) is 0 Å². The van der Waals surface area contributed by atoms with Crippen LogP contribution >= 0.6 is 0 Å². The summed E-state index contributed by atoms with van der Waals surface area (Å²) in [6, 6.07) is 13.5. The molecule has 8 nitrogen and oxygen atoms in total. The van der Waals surface area contributed by atoms with E-state index in [4.69, 9.17) is 14.2 Å². The molecule has 9 heteroatoms. The molecule has 0 saturated carbocycles. The van der Waals surface area contributed by atoms with Crippen molar-refractivity contribution in [2.45, 2.75) is 26.0 Å². The predicted molar refractivity (Wildman–Crippen MR) is 109 cm³/mol. The van der Waals surface area contributed by atoms with Gasteiger partial charge in [-0.05, 0) is 48.4 Å². The molecule has 2 aromatic carbocycles. The summed E-state index contributed by atoms with van der Waals surface area (Å²) in [5.74, 6) is 0.680. The van der Waals surface area contributed by atoms with Crippen LogP contribution in [-0.2, 0) is 11.3 Å². The molecule has 0 spiro atoms. The Bertz CT molecular complexity index is 1150. The lowest BCUT2D eigenvalue weighted by Gasteiger charge is -2.17. The van der Waals surface area contributed by atoms with Gasteiger partial charge in [0.15, 0.2) is 17.6 Å². The molecule has 1 aromatic heterocycles. The Labute approximate surface area is 177 Å². The highest BCUT2D eigenvalue weighted by molar-refractivity contribution is 5.81. The van der Waals surface area contributed by atoms with E-state index in [1.54, 1.807) is 13.0 Å². The first kappa shape index (κ1) is 20.4. The van der Waals surface area contributed by atoms with Gasteiger partial charge in [-0.3, -0.25) is 9.59 Å². The summed E-state index contributed by atoms with van der Waals surface area (Å²) < 4.78 is 30.6. The largest absolute Gasteiger partial charge is 0.463 e. The van der Waals surface area contributed by atoms with Crippen molar-refractivity contribution >= 4 is 5.91 Å². The van der Waals surface area contributed by atoms with Crippen LogP contribution in [0.25, 0.3) is 5.69 Å². The van der Waals surface area contributed by atoms with E-state index in [1.807, 2.05) is 12.1 Å². The molecule has 0 unspecified atom stereocenters. The Morgan fingerprint density at radius 3 is 2.71 bits per heavy atom. The van der Waals surface area contributed by atoms with Crippen molar-refractivity contribution < 1.29 is 23.4 Å². The minimum Gasteiger partial charge on any atom is -0.463 e. The summed E-state index contributed by atoms with van der Waals surface area (Å²) in [5, 5.41) is 6.98. The van der Waals surface area contributed by atoms with Crippen molar-refractivity contribution in [1.82, 2.24) is 15.1 Å². The Morgan fingerprint density at radius 2 is 1.94 bits per heavy atom. The maximum atomic E-state index is 13.2. The third kappa shape index (κ3) is 4.66. The number of rotatable bonds is 7. The normalized spacial score (nSPS) is 13.0. The molecule has 1 amide bonds. The number of nitrogens with one attached hydrogen (secondary N) is 1. The minimum atomic E-state index is -0.805. The van der Waals surface area contributed by atoms with Crippen LogP contribution in [0.1, 0.15) is 18.9 Å². The van der Waals surface area contributed by atoms with Crippen molar-refractivity contribution in [3.63, 3.8) is 0 Å². The molecule has 160 valence electrons. The number of aromatic nitrogens is 2. The first-order chi connectivity index (χ1) is 15.0. The molecule has 31 heavy (non-hydrogen) atoms. The number of halogens is 1. The Balaban J connectivity index is 1.43. The standard InChI is InChI=1S/C22H20FN3O5/c1-2-17(22(28)24-12-14-3-8-18-19(11-14)30-13-29-18)31-20-9-10-21(27)26(25-20)16-6-4-15(23)5-7-16/h3-11,17H,2,12-13H2,1H3,(H,24,28)/t17-/m1/s1. The lowest BCUT2D eigenvalue weighted by atomic mass is 10.2.